The number of benzene rings is 2. The van der Waals surface area contributed by atoms with Gasteiger partial charge in [-0.25, -0.2) is 9.97 Å². The second-order valence-corrected chi connectivity index (χ2v) is 7.99. The van der Waals surface area contributed by atoms with Crippen LogP contribution in [0, 0.1) is 0 Å². The van der Waals surface area contributed by atoms with Gasteiger partial charge in [0.1, 0.15) is 11.9 Å². The first-order valence-corrected chi connectivity index (χ1v) is 10.7. The first-order chi connectivity index (χ1) is 15.1. The maximum Gasteiger partial charge on any atom is 0.225 e. The van der Waals surface area contributed by atoms with Crippen LogP contribution in [0.2, 0.25) is 0 Å². The van der Waals surface area contributed by atoms with Gasteiger partial charge in [-0.2, -0.15) is 0 Å². The third kappa shape index (κ3) is 5.21. The highest BCUT2D eigenvalue weighted by Crippen LogP contribution is 2.32. The summed E-state index contributed by atoms with van der Waals surface area (Å²) < 4.78 is 11.5. The summed E-state index contributed by atoms with van der Waals surface area (Å²) >= 11 is 0. The molecule has 1 fully saturated rings. The van der Waals surface area contributed by atoms with Crippen molar-refractivity contribution in [1.29, 1.82) is 0 Å². The monoisotopic (exact) mass is 418 g/mol. The molecular weight excluding hydrogens is 388 g/mol. The minimum absolute atomic E-state index is 0.0941. The Hall–Kier alpha value is -2.96. The van der Waals surface area contributed by atoms with E-state index in [1.54, 1.807) is 7.11 Å². The summed E-state index contributed by atoms with van der Waals surface area (Å²) in [5, 5.41) is 0. The molecule has 2 heterocycles. The Balaban J connectivity index is 1.57. The second kappa shape index (κ2) is 9.90. The molecule has 6 nitrogen and oxygen atoms in total. The first-order valence-electron chi connectivity index (χ1n) is 10.7. The van der Waals surface area contributed by atoms with Crippen LogP contribution < -0.4 is 9.64 Å². The number of aromatic nitrogens is 2. The maximum absolute atomic E-state index is 6.21. The van der Waals surface area contributed by atoms with Crippen molar-refractivity contribution in [2.75, 3.05) is 52.3 Å². The molecule has 162 valence electrons. The number of hydrogen-bond donors (Lipinski definition) is 0. The summed E-state index contributed by atoms with van der Waals surface area (Å²) in [5.41, 5.74) is 4.36. The average Bonchev–Trinajstić information content (AvgIpc) is 2.83. The summed E-state index contributed by atoms with van der Waals surface area (Å²) in [4.78, 5) is 13.9. The normalized spacial score (nSPS) is 16.8. The summed E-state index contributed by atoms with van der Waals surface area (Å²) in [5.74, 6) is 1.52. The Bertz CT molecular complexity index is 977. The van der Waals surface area contributed by atoms with Crippen LogP contribution in [0.1, 0.15) is 17.4 Å². The third-order valence-electron chi connectivity index (χ3n) is 5.62. The topological polar surface area (TPSA) is 50.7 Å². The van der Waals surface area contributed by atoms with Crippen molar-refractivity contribution in [2.24, 2.45) is 0 Å². The molecule has 1 saturated heterocycles. The molecule has 1 aliphatic rings. The van der Waals surface area contributed by atoms with Gasteiger partial charge >= 0.3 is 0 Å². The fourth-order valence-electron chi connectivity index (χ4n) is 3.84. The first kappa shape index (κ1) is 21.3. The second-order valence-electron chi connectivity index (χ2n) is 7.99. The van der Waals surface area contributed by atoms with Crippen LogP contribution in [-0.2, 0) is 11.2 Å². The van der Waals surface area contributed by atoms with Gasteiger partial charge in [-0.15, -0.1) is 0 Å². The molecule has 0 saturated carbocycles. The minimum Gasteiger partial charge on any atom is -0.497 e. The zero-order valence-corrected chi connectivity index (χ0v) is 18.5. The molecule has 0 amide bonds. The van der Waals surface area contributed by atoms with Gasteiger partial charge in [0.15, 0.2) is 0 Å². The van der Waals surface area contributed by atoms with E-state index in [9.17, 15) is 0 Å². The van der Waals surface area contributed by atoms with Gasteiger partial charge in [-0.3, -0.25) is 4.90 Å². The molecule has 1 unspecified atom stereocenters. The van der Waals surface area contributed by atoms with Gasteiger partial charge in [0.05, 0.1) is 19.4 Å². The van der Waals surface area contributed by atoms with E-state index < -0.39 is 0 Å². The van der Waals surface area contributed by atoms with Crippen LogP contribution in [0.4, 0.5) is 5.95 Å². The van der Waals surface area contributed by atoms with E-state index in [4.69, 9.17) is 14.5 Å². The number of ether oxygens (including phenoxy) is 2. The number of hydrogen-bond acceptors (Lipinski definition) is 6. The predicted molar refractivity (Wildman–Crippen MR) is 124 cm³/mol. The number of nitrogens with zero attached hydrogens (tertiary/aromatic N) is 4. The standard InChI is InChI=1S/C25H30N4O2/c1-28(2)25-26-17-22(20-9-11-21(30-3)12-10-20)24(27-25)23-18-29(15-16-31-23)14-13-19-7-5-4-6-8-19/h4-12,17,23H,13-16,18H2,1-3H3. The minimum atomic E-state index is -0.0941. The number of rotatable bonds is 7. The van der Waals surface area contributed by atoms with Crippen molar-refractivity contribution in [3.8, 4) is 16.9 Å². The van der Waals surface area contributed by atoms with E-state index in [2.05, 4.69) is 40.2 Å². The lowest BCUT2D eigenvalue weighted by molar-refractivity contribution is -0.0313. The Kier molecular flexibility index (Phi) is 6.79. The van der Waals surface area contributed by atoms with Crippen LogP contribution >= 0.6 is 0 Å². The van der Waals surface area contributed by atoms with Crippen LogP contribution in [0.25, 0.3) is 11.1 Å². The molecule has 1 aromatic heterocycles. The molecule has 0 radical (unpaired) electrons. The van der Waals surface area contributed by atoms with Crippen LogP contribution in [0.3, 0.4) is 0 Å². The van der Waals surface area contributed by atoms with Gasteiger partial charge in [0.2, 0.25) is 5.95 Å². The van der Waals surface area contributed by atoms with Crippen molar-refractivity contribution in [2.45, 2.75) is 12.5 Å². The number of methoxy groups -OCH3 is 1. The maximum atomic E-state index is 6.21. The van der Waals surface area contributed by atoms with E-state index >= 15 is 0 Å². The summed E-state index contributed by atoms with van der Waals surface area (Å²) in [6, 6.07) is 18.7. The fourth-order valence-corrected chi connectivity index (χ4v) is 3.84. The van der Waals surface area contributed by atoms with Gasteiger partial charge in [-0.05, 0) is 29.7 Å². The zero-order chi connectivity index (χ0) is 21.6. The molecule has 31 heavy (non-hydrogen) atoms. The fraction of sp³-hybridized carbons (Fsp3) is 0.360. The van der Waals surface area contributed by atoms with Crippen molar-refractivity contribution in [3.63, 3.8) is 0 Å². The molecule has 1 aliphatic heterocycles. The Morgan fingerprint density at radius 2 is 1.87 bits per heavy atom. The summed E-state index contributed by atoms with van der Waals surface area (Å²) in [6.45, 7) is 3.46. The van der Waals surface area contributed by atoms with E-state index in [1.165, 1.54) is 5.56 Å². The zero-order valence-electron chi connectivity index (χ0n) is 18.5. The number of anilines is 1. The highest BCUT2D eigenvalue weighted by atomic mass is 16.5. The van der Waals surface area contributed by atoms with E-state index in [0.717, 1.165) is 48.6 Å². The predicted octanol–water partition coefficient (Wildman–Crippen LogP) is 3.83. The Morgan fingerprint density at radius 1 is 1.10 bits per heavy atom. The lowest BCUT2D eigenvalue weighted by atomic mass is 10.0. The average molecular weight is 419 g/mol. The van der Waals surface area contributed by atoms with Gasteiger partial charge in [0, 0.05) is 45.5 Å². The molecule has 0 bridgehead atoms. The van der Waals surface area contributed by atoms with Crippen LogP contribution in [0.15, 0.2) is 60.8 Å². The smallest absolute Gasteiger partial charge is 0.225 e. The molecule has 0 spiro atoms. The largest absolute Gasteiger partial charge is 0.497 e. The van der Waals surface area contributed by atoms with E-state index in [0.29, 0.717) is 12.6 Å². The lowest BCUT2D eigenvalue weighted by Gasteiger charge is -2.33. The SMILES string of the molecule is COc1ccc(-c2cnc(N(C)C)nc2C2CN(CCc3ccccc3)CCO2)cc1. The van der Waals surface area contributed by atoms with E-state index in [-0.39, 0.29) is 6.10 Å². The highest BCUT2D eigenvalue weighted by molar-refractivity contribution is 5.67. The van der Waals surface area contributed by atoms with Crippen molar-refractivity contribution in [1.82, 2.24) is 14.9 Å². The summed E-state index contributed by atoms with van der Waals surface area (Å²) in [7, 11) is 5.59. The molecule has 0 aliphatic carbocycles. The number of morpholine rings is 1. The van der Waals surface area contributed by atoms with Crippen LogP contribution in [-0.4, -0.2) is 62.3 Å². The highest BCUT2D eigenvalue weighted by Gasteiger charge is 2.26. The van der Waals surface area contributed by atoms with E-state index in [1.807, 2.05) is 49.5 Å². The van der Waals surface area contributed by atoms with Gasteiger partial charge in [0.25, 0.3) is 0 Å². The quantitative estimate of drug-likeness (QED) is 0.581. The molecule has 2 aromatic carbocycles. The lowest BCUT2D eigenvalue weighted by Crippen LogP contribution is -2.40. The van der Waals surface area contributed by atoms with Crippen LogP contribution in [0.5, 0.6) is 5.75 Å². The van der Waals surface area contributed by atoms with Crippen molar-refractivity contribution in [3.05, 3.63) is 72.1 Å². The molecular formula is C25H30N4O2. The Morgan fingerprint density at radius 3 is 2.58 bits per heavy atom. The van der Waals surface area contributed by atoms with Crippen molar-refractivity contribution < 1.29 is 9.47 Å². The van der Waals surface area contributed by atoms with Crippen molar-refractivity contribution >= 4 is 5.95 Å². The molecule has 6 heteroatoms. The molecule has 0 N–H and O–H groups in total. The van der Waals surface area contributed by atoms with Gasteiger partial charge < -0.3 is 14.4 Å². The molecule has 1 atom stereocenters. The molecule has 4 rings (SSSR count). The molecule has 3 aromatic rings. The third-order valence-corrected chi connectivity index (χ3v) is 5.62. The van der Waals surface area contributed by atoms with Gasteiger partial charge in [-0.1, -0.05) is 42.5 Å². The Labute approximate surface area is 184 Å². The summed E-state index contributed by atoms with van der Waals surface area (Å²) in [6.07, 6.45) is 2.85.